The average Bonchev–Trinajstić information content (AvgIpc) is 3.24. The number of anilines is 1. The molecule has 0 saturated heterocycles. The molecule has 2 aromatic heterocycles. The third-order valence-electron chi connectivity index (χ3n) is 5.02. The maximum Gasteiger partial charge on any atom is 0.235 e. The molecule has 156 valence electrons. The lowest BCUT2D eigenvalue weighted by atomic mass is 10.1. The van der Waals surface area contributed by atoms with Crippen LogP contribution in [-0.4, -0.2) is 26.6 Å². The third kappa shape index (κ3) is 5.33. The van der Waals surface area contributed by atoms with Crippen LogP contribution in [0.25, 0.3) is 0 Å². The molecule has 0 fully saturated rings. The van der Waals surface area contributed by atoms with Crippen molar-refractivity contribution in [1.29, 1.82) is 5.26 Å². The molecule has 3 rings (SSSR count). The summed E-state index contributed by atoms with van der Waals surface area (Å²) in [4.78, 5) is 23.6. The topological polar surface area (TPSA) is 97.4 Å². The highest BCUT2D eigenvalue weighted by Crippen LogP contribution is 2.25. The molecule has 0 bridgehead atoms. The summed E-state index contributed by atoms with van der Waals surface area (Å²) < 4.78 is 0. The molecule has 0 atom stereocenters. The number of unbranched alkanes of at least 4 members (excludes halogenated alkanes) is 1. The van der Waals surface area contributed by atoms with Crippen LogP contribution in [0.3, 0.4) is 0 Å². The van der Waals surface area contributed by atoms with E-state index < -0.39 is 0 Å². The molecule has 7 heteroatoms. The number of hydrogen-bond acceptors (Lipinski definition) is 4. The van der Waals surface area contributed by atoms with Gasteiger partial charge in [0.2, 0.25) is 5.91 Å². The van der Waals surface area contributed by atoms with E-state index in [1.165, 1.54) is 11.8 Å². The summed E-state index contributed by atoms with van der Waals surface area (Å²) >= 11 is 1.37. The van der Waals surface area contributed by atoms with Gasteiger partial charge in [-0.1, -0.05) is 55.4 Å². The number of thioether (sulfide) groups is 1. The van der Waals surface area contributed by atoms with E-state index in [2.05, 4.69) is 33.3 Å². The lowest BCUT2D eigenvalue weighted by Crippen LogP contribution is -2.15. The second-order valence-electron chi connectivity index (χ2n) is 7.31. The van der Waals surface area contributed by atoms with Crippen molar-refractivity contribution < 1.29 is 4.79 Å². The highest BCUT2D eigenvalue weighted by atomic mass is 32.2. The molecule has 0 aliphatic heterocycles. The molecule has 1 amide bonds. The Morgan fingerprint density at radius 1 is 1.23 bits per heavy atom. The SMILES string of the molecule is CCCCc1nc(SCC(=O)Nc2[nH]c(Cc3ccccc3)c(C)c2C#N)[nH]c1C. The van der Waals surface area contributed by atoms with Crippen molar-refractivity contribution in [1.82, 2.24) is 15.0 Å². The summed E-state index contributed by atoms with van der Waals surface area (Å²) in [6, 6.07) is 12.2. The number of hydrogen-bond donors (Lipinski definition) is 3. The number of benzene rings is 1. The zero-order valence-corrected chi connectivity index (χ0v) is 18.4. The second kappa shape index (κ2) is 10.2. The van der Waals surface area contributed by atoms with Gasteiger partial charge in [0.25, 0.3) is 0 Å². The molecule has 0 radical (unpaired) electrons. The Balaban J connectivity index is 1.63. The number of aromatic amines is 2. The minimum atomic E-state index is -0.173. The highest BCUT2D eigenvalue weighted by molar-refractivity contribution is 7.99. The number of nitriles is 1. The number of nitrogens with zero attached hydrogens (tertiary/aromatic N) is 2. The molecule has 3 N–H and O–H groups in total. The van der Waals surface area contributed by atoms with Crippen LogP contribution in [0, 0.1) is 25.2 Å². The Bertz CT molecular complexity index is 1050. The van der Waals surface area contributed by atoms with E-state index in [9.17, 15) is 10.1 Å². The number of carbonyl (C=O) groups excluding carboxylic acids is 1. The van der Waals surface area contributed by atoms with Gasteiger partial charge in [0.05, 0.1) is 17.0 Å². The Labute approximate surface area is 181 Å². The van der Waals surface area contributed by atoms with Gasteiger partial charge in [0.1, 0.15) is 11.9 Å². The van der Waals surface area contributed by atoms with Gasteiger partial charge in [-0.25, -0.2) is 4.98 Å². The Morgan fingerprint density at radius 2 is 2.00 bits per heavy atom. The predicted octanol–water partition coefficient (Wildman–Crippen LogP) is 4.89. The summed E-state index contributed by atoms with van der Waals surface area (Å²) in [5.74, 6) is 0.510. The molecule has 0 spiro atoms. The Morgan fingerprint density at radius 3 is 2.70 bits per heavy atom. The van der Waals surface area contributed by atoms with Gasteiger partial charge in [0, 0.05) is 17.8 Å². The van der Waals surface area contributed by atoms with Crippen molar-refractivity contribution in [3.63, 3.8) is 0 Å². The van der Waals surface area contributed by atoms with Crippen molar-refractivity contribution in [2.45, 2.75) is 51.6 Å². The summed E-state index contributed by atoms with van der Waals surface area (Å²) in [5.41, 5.74) is 5.55. The van der Waals surface area contributed by atoms with E-state index in [1.54, 1.807) is 0 Å². The average molecular weight is 422 g/mol. The van der Waals surface area contributed by atoms with Gasteiger partial charge in [-0.15, -0.1) is 0 Å². The van der Waals surface area contributed by atoms with Gasteiger partial charge in [-0.05, 0) is 37.8 Å². The molecule has 30 heavy (non-hydrogen) atoms. The fraction of sp³-hybridized carbons (Fsp3) is 0.348. The monoisotopic (exact) mass is 421 g/mol. The molecule has 0 aliphatic carbocycles. The van der Waals surface area contributed by atoms with Crippen LogP contribution in [0.15, 0.2) is 35.5 Å². The van der Waals surface area contributed by atoms with Crippen molar-refractivity contribution in [2.75, 3.05) is 11.1 Å². The number of carbonyl (C=O) groups is 1. The fourth-order valence-corrected chi connectivity index (χ4v) is 4.03. The zero-order chi connectivity index (χ0) is 21.5. The van der Waals surface area contributed by atoms with Crippen molar-refractivity contribution in [2.24, 2.45) is 0 Å². The van der Waals surface area contributed by atoms with Gasteiger partial charge in [0.15, 0.2) is 5.16 Å². The first-order chi connectivity index (χ1) is 14.5. The number of aromatic nitrogens is 3. The lowest BCUT2D eigenvalue weighted by molar-refractivity contribution is -0.113. The van der Waals surface area contributed by atoms with E-state index in [0.29, 0.717) is 17.8 Å². The Kier molecular flexibility index (Phi) is 7.36. The highest BCUT2D eigenvalue weighted by Gasteiger charge is 2.17. The minimum Gasteiger partial charge on any atom is -0.344 e. The number of H-pyrrole nitrogens is 2. The number of rotatable bonds is 9. The molecular weight excluding hydrogens is 394 g/mol. The molecule has 3 aromatic rings. The van der Waals surface area contributed by atoms with Crippen LogP contribution in [0.4, 0.5) is 5.82 Å². The number of imidazole rings is 1. The first kappa shape index (κ1) is 21.7. The van der Waals surface area contributed by atoms with E-state index in [4.69, 9.17) is 0 Å². The second-order valence-corrected chi connectivity index (χ2v) is 8.27. The Hall–Kier alpha value is -2.98. The van der Waals surface area contributed by atoms with Crippen molar-refractivity contribution in [3.05, 3.63) is 64.1 Å². The van der Waals surface area contributed by atoms with Gasteiger partial charge < -0.3 is 15.3 Å². The normalized spacial score (nSPS) is 10.7. The van der Waals surface area contributed by atoms with Gasteiger partial charge in [-0.3, -0.25) is 4.79 Å². The van der Waals surface area contributed by atoms with E-state index in [0.717, 1.165) is 52.6 Å². The molecular formula is C23H27N5OS. The minimum absolute atomic E-state index is 0.173. The molecule has 0 aliphatic rings. The zero-order valence-electron chi connectivity index (χ0n) is 17.6. The molecule has 2 heterocycles. The summed E-state index contributed by atoms with van der Waals surface area (Å²) in [6.07, 6.45) is 3.85. The molecule has 1 aromatic carbocycles. The van der Waals surface area contributed by atoms with Crippen molar-refractivity contribution >= 4 is 23.5 Å². The first-order valence-electron chi connectivity index (χ1n) is 10.1. The quantitative estimate of drug-likeness (QED) is 0.429. The standard InChI is InChI=1S/C23H27N5OS/c1-4-5-11-19-16(3)25-23(27-19)30-14-21(29)28-22-18(13-24)15(2)20(26-22)12-17-9-7-6-8-10-17/h6-10,26H,4-5,11-12,14H2,1-3H3,(H,25,27)(H,28,29). The summed E-state index contributed by atoms with van der Waals surface area (Å²) in [7, 11) is 0. The molecule has 6 nitrogen and oxygen atoms in total. The van der Waals surface area contributed by atoms with E-state index >= 15 is 0 Å². The van der Waals surface area contributed by atoms with Crippen LogP contribution in [0.1, 0.15) is 53.5 Å². The smallest absolute Gasteiger partial charge is 0.235 e. The first-order valence-corrected chi connectivity index (χ1v) is 11.1. The molecule has 0 saturated carbocycles. The van der Waals surface area contributed by atoms with Gasteiger partial charge in [-0.2, -0.15) is 5.26 Å². The van der Waals surface area contributed by atoms with E-state index in [1.807, 2.05) is 44.2 Å². The van der Waals surface area contributed by atoms with Crippen molar-refractivity contribution in [3.8, 4) is 6.07 Å². The fourth-order valence-electron chi connectivity index (χ4n) is 3.29. The van der Waals surface area contributed by atoms with Crippen LogP contribution >= 0.6 is 11.8 Å². The number of amides is 1. The van der Waals surface area contributed by atoms with E-state index in [-0.39, 0.29) is 11.7 Å². The third-order valence-corrected chi connectivity index (χ3v) is 5.90. The van der Waals surface area contributed by atoms with Crippen LogP contribution in [0.5, 0.6) is 0 Å². The summed E-state index contributed by atoms with van der Waals surface area (Å²) in [6.45, 7) is 6.07. The number of aryl methyl sites for hydroxylation is 2. The maximum atomic E-state index is 12.5. The lowest BCUT2D eigenvalue weighted by Gasteiger charge is -2.03. The summed E-state index contributed by atoms with van der Waals surface area (Å²) in [5, 5.41) is 13.2. The van der Waals surface area contributed by atoms with Crippen LogP contribution in [-0.2, 0) is 17.6 Å². The largest absolute Gasteiger partial charge is 0.344 e. The van der Waals surface area contributed by atoms with Crippen LogP contribution in [0.2, 0.25) is 0 Å². The number of nitrogens with one attached hydrogen (secondary N) is 3. The maximum absolute atomic E-state index is 12.5. The van der Waals surface area contributed by atoms with Crippen LogP contribution < -0.4 is 5.32 Å². The van der Waals surface area contributed by atoms with Gasteiger partial charge >= 0.3 is 0 Å². The molecule has 0 unspecified atom stereocenters. The predicted molar refractivity (Wildman–Crippen MR) is 121 cm³/mol.